The van der Waals surface area contributed by atoms with Crippen LogP contribution in [0.15, 0.2) is 54.6 Å². The molecule has 5 nitrogen and oxygen atoms in total. The molecule has 3 aliphatic rings. The number of nitrogens with zero attached hydrogens (tertiary/aromatic N) is 2. The zero-order valence-corrected chi connectivity index (χ0v) is 21.0. The first-order valence-electron chi connectivity index (χ1n) is 13.2. The average molecular weight is 514 g/mol. The lowest BCUT2D eigenvalue weighted by molar-refractivity contribution is -0.137. The van der Waals surface area contributed by atoms with Gasteiger partial charge in [-0.15, -0.1) is 0 Å². The monoisotopic (exact) mass is 513 g/mol. The normalized spacial score (nSPS) is 20.8. The molecule has 1 N–H and O–H groups in total. The van der Waals surface area contributed by atoms with Gasteiger partial charge in [-0.2, -0.15) is 13.2 Å². The van der Waals surface area contributed by atoms with Crippen molar-refractivity contribution in [1.29, 1.82) is 0 Å². The molecular weight excluding hydrogens is 479 g/mol. The molecule has 198 valence electrons. The molecule has 1 aliphatic carbocycles. The van der Waals surface area contributed by atoms with Gasteiger partial charge in [-0.05, 0) is 73.9 Å². The lowest BCUT2D eigenvalue weighted by atomic mass is 9.77. The van der Waals surface area contributed by atoms with Gasteiger partial charge in [0.05, 0.1) is 11.6 Å². The lowest BCUT2D eigenvalue weighted by Gasteiger charge is -2.39. The number of likely N-dealkylation sites (tertiary alicyclic amines) is 2. The average Bonchev–Trinajstić information content (AvgIpc) is 3.69. The summed E-state index contributed by atoms with van der Waals surface area (Å²) >= 11 is 0. The highest BCUT2D eigenvalue weighted by Gasteiger charge is 2.44. The van der Waals surface area contributed by atoms with Crippen LogP contribution in [0.5, 0.6) is 0 Å². The zero-order chi connectivity index (χ0) is 26.0. The van der Waals surface area contributed by atoms with Crippen LogP contribution in [0.2, 0.25) is 0 Å². The van der Waals surface area contributed by atoms with Gasteiger partial charge >= 0.3 is 6.18 Å². The molecule has 0 aromatic heterocycles. The van der Waals surface area contributed by atoms with Gasteiger partial charge in [0.1, 0.15) is 0 Å². The van der Waals surface area contributed by atoms with E-state index in [1.54, 1.807) is 4.90 Å². The number of piperidine rings is 1. The molecule has 1 atom stereocenters. The maximum Gasteiger partial charge on any atom is 0.416 e. The Morgan fingerprint density at radius 3 is 2.32 bits per heavy atom. The van der Waals surface area contributed by atoms with E-state index in [-0.39, 0.29) is 29.2 Å². The smallest absolute Gasteiger partial charge is 0.349 e. The molecule has 0 radical (unpaired) electrons. The predicted octanol–water partition coefficient (Wildman–Crippen LogP) is 5.18. The first-order valence-corrected chi connectivity index (χ1v) is 13.2. The van der Waals surface area contributed by atoms with E-state index >= 15 is 0 Å². The SMILES string of the molecule is O=C(N[C@@H](CCN1CCC2(CC1)CC(=O)N(Cc1ccc(C(F)(F)F)cc1)C2)c1ccccc1)C1CC1. The molecule has 2 saturated heterocycles. The van der Waals surface area contributed by atoms with Crippen LogP contribution in [0.3, 0.4) is 0 Å². The Kier molecular flexibility index (Phi) is 7.30. The molecule has 2 aromatic carbocycles. The standard InChI is InChI=1S/C29H34F3N3O2/c30-29(31,32)24-10-6-21(7-11-24)19-35-20-28(18-26(35)36)13-16-34(17-14-28)15-12-25(22-4-2-1-3-5-22)33-27(37)23-8-9-23/h1-7,10-11,23,25H,8-9,12-20H2,(H,33,37)/t25-/m0/s1. The fraction of sp³-hybridized carbons (Fsp3) is 0.517. The fourth-order valence-corrected chi connectivity index (χ4v) is 5.69. The third-order valence-electron chi connectivity index (χ3n) is 8.18. The van der Waals surface area contributed by atoms with Crippen molar-refractivity contribution < 1.29 is 22.8 Å². The summed E-state index contributed by atoms with van der Waals surface area (Å²) < 4.78 is 38.5. The van der Waals surface area contributed by atoms with E-state index in [4.69, 9.17) is 0 Å². The van der Waals surface area contributed by atoms with Crippen LogP contribution in [0.25, 0.3) is 0 Å². The summed E-state index contributed by atoms with van der Waals surface area (Å²) in [6, 6.07) is 15.2. The Labute approximate surface area is 216 Å². The Balaban J connectivity index is 1.13. The molecule has 2 amide bonds. The van der Waals surface area contributed by atoms with Gasteiger partial charge in [-0.1, -0.05) is 42.5 Å². The van der Waals surface area contributed by atoms with Crippen LogP contribution >= 0.6 is 0 Å². The number of benzene rings is 2. The van der Waals surface area contributed by atoms with Crippen molar-refractivity contribution in [3.05, 3.63) is 71.3 Å². The Morgan fingerprint density at radius 2 is 1.70 bits per heavy atom. The van der Waals surface area contributed by atoms with E-state index in [0.717, 1.165) is 75.0 Å². The number of alkyl halides is 3. The van der Waals surface area contributed by atoms with E-state index in [0.29, 0.717) is 19.5 Å². The predicted molar refractivity (Wildman–Crippen MR) is 134 cm³/mol. The topological polar surface area (TPSA) is 52.7 Å². The van der Waals surface area contributed by atoms with Gasteiger partial charge in [0.15, 0.2) is 0 Å². The highest BCUT2D eigenvalue weighted by atomic mass is 19.4. The van der Waals surface area contributed by atoms with E-state index < -0.39 is 11.7 Å². The van der Waals surface area contributed by atoms with Crippen LogP contribution in [0, 0.1) is 11.3 Å². The summed E-state index contributed by atoms with van der Waals surface area (Å²) in [7, 11) is 0. The van der Waals surface area contributed by atoms with Crippen molar-refractivity contribution in [2.45, 2.75) is 57.3 Å². The fourth-order valence-electron chi connectivity index (χ4n) is 5.69. The summed E-state index contributed by atoms with van der Waals surface area (Å²) in [6.07, 6.45) is 0.801. The van der Waals surface area contributed by atoms with Crippen LogP contribution in [0.4, 0.5) is 13.2 Å². The van der Waals surface area contributed by atoms with Gasteiger partial charge in [0.2, 0.25) is 11.8 Å². The molecule has 2 aliphatic heterocycles. The van der Waals surface area contributed by atoms with Crippen LogP contribution in [-0.4, -0.2) is 47.8 Å². The maximum absolute atomic E-state index is 12.8. The minimum atomic E-state index is -4.36. The Bertz CT molecular complexity index is 1090. The third-order valence-corrected chi connectivity index (χ3v) is 8.18. The number of hydrogen-bond acceptors (Lipinski definition) is 3. The third kappa shape index (κ3) is 6.35. The number of carbonyl (C=O) groups excluding carboxylic acids is 2. The molecule has 2 heterocycles. The Morgan fingerprint density at radius 1 is 1.03 bits per heavy atom. The first kappa shape index (κ1) is 25.8. The van der Waals surface area contributed by atoms with Crippen molar-refractivity contribution in [3.63, 3.8) is 0 Å². The van der Waals surface area contributed by atoms with Crippen LogP contribution < -0.4 is 5.32 Å². The van der Waals surface area contributed by atoms with Gasteiger partial charge in [0, 0.05) is 32.0 Å². The second-order valence-corrected chi connectivity index (χ2v) is 11.0. The molecule has 37 heavy (non-hydrogen) atoms. The minimum absolute atomic E-state index is 0.00234. The molecule has 1 saturated carbocycles. The maximum atomic E-state index is 12.8. The van der Waals surface area contributed by atoms with Crippen molar-refractivity contribution in [1.82, 2.24) is 15.1 Å². The molecule has 8 heteroatoms. The summed E-state index contributed by atoms with van der Waals surface area (Å²) in [5.74, 6) is 0.413. The molecule has 0 bridgehead atoms. The molecule has 2 aromatic rings. The summed E-state index contributed by atoms with van der Waals surface area (Å²) in [4.78, 5) is 29.5. The minimum Gasteiger partial charge on any atom is -0.349 e. The van der Waals surface area contributed by atoms with E-state index in [9.17, 15) is 22.8 Å². The van der Waals surface area contributed by atoms with Crippen molar-refractivity contribution in [3.8, 4) is 0 Å². The molecule has 0 unspecified atom stereocenters. The number of halogens is 3. The molecular formula is C29H34F3N3O2. The number of nitrogens with one attached hydrogen (secondary N) is 1. The largest absolute Gasteiger partial charge is 0.416 e. The first-order chi connectivity index (χ1) is 17.7. The molecule has 5 rings (SSSR count). The number of carbonyl (C=O) groups is 2. The summed E-state index contributed by atoms with van der Waals surface area (Å²) in [5.41, 5.74) is 1.12. The van der Waals surface area contributed by atoms with Gasteiger partial charge in [-0.3, -0.25) is 9.59 Å². The van der Waals surface area contributed by atoms with Crippen LogP contribution in [0.1, 0.15) is 61.3 Å². The second-order valence-electron chi connectivity index (χ2n) is 11.0. The summed E-state index contributed by atoms with van der Waals surface area (Å²) in [5, 5.41) is 3.25. The second kappa shape index (κ2) is 10.5. The van der Waals surface area contributed by atoms with E-state index in [2.05, 4.69) is 22.3 Å². The van der Waals surface area contributed by atoms with E-state index in [1.165, 1.54) is 12.1 Å². The Hall–Kier alpha value is -2.87. The van der Waals surface area contributed by atoms with Crippen molar-refractivity contribution in [2.75, 3.05) is 26.2 Å². The van der Waals surface area contributed by atoms with Gasteiger partial charge in [0.25, 0.3) is 0 Å². The zero-order valence-electron chi connectivity index (χ0n) is 21.0. The van der Waals surface area contributed by atoms with Crippen molar-refractivity contribution in [2.24, 2.45) is 11.3 Å². The van der Waals surface area contributed by atoms with Gasteiger partial charge < -0.3 is 15.1 Å². The van der Waals surface area contributed by atoms with E-state index in [1.807, 2.05) is 18.2 Å². The highest BCUT2D eigenvalue weighted by molar-refractivity contribution is 5.81. The quantitative estimate of drug-likeness (QED) is 0.530. The van der Waals surface area contributed by atoms with Crippen LogP contribution in [-0.2, 0) is 22.3 Å². The van der Waals surface area contributed by atoms with Crippen molar-refractivity contribution >= 4 is 11.8 Å². The summed E-state index contributed by atoms with van der Waals surface area (Å²) in [6.45, 7) is 3.69. The lowest BCUT2D eigenvalue weighted by Crippen LogP contribution is -2.42. The number of hydrogen-bond donors (Lipinski definition) is 1. The molecule has 1 spiro atoms. The molecule has 3 fully saturated rings. The highest BCUT2D eigenvalue weighted by Crippen LogP contribution is 2.42. The van der Waals surface area contributed by atoms with Gasteiger partial charge in [-0.25, -0.2) is 0 Å². The number of amides is 2. The number of rotatable bonds is 8.